The zero-order valence-electron chi connectivity index (χ0n) is 9.40. The van der Waals surface area contributed by atoms with Crippen LogP contribution in [0, 0.1) is 0 Å². The number of carbonyl (C=O) groups is 1. The highest BCUT2D eigenvalue weighted by atomic mass is 35.5. The van der Waals surface area contributed by atoms with Gasteiger partial charge in [-0.25, -0.2) is 9.59 Å². The number of hydrogen-bond acceptors (Lipinski definition) is 4. The maximum absolute atomic E-state index is 11.4. The van der Waals surface area contributed by atoms with Gasteiger partial charge in [-0.2, -0.15) is 0 Å². The van der Waals surface area contributed by atoms with Crippen molar-refractivity contribution in [2.24, 2.45) is 0 Å². The molecule has 2 rings (SSSR count). The molecule has 0 bridgehead atoms. The molecule has 0 aliphatic heterocycles. The van der Waals surface area contributed by atoms with Crippen molar-refractivity contribution < 1.29 is 19.1 Å². The van der Waals surface area contributed by atoms with Gasteiger partial charge in [0.05, 0.1) is 11.6 Å². The summed E-state index contributed by atoms with van der Waals surface area (Å²) in [7, 11) is 0. The van der Waals surface area contributed by atoms with Gasteiger partial charge in [0.1, 0.15) is 16.9 Å². The largest absolute Gasteiger partial charge is 0.492 e. The van der Waals surface area contributed by atoms with Crippen molar-refractivity contribution in [3.05, 3.63) is 39.2 Å². The second kappa shape index (κ2) is 4.70. The van der Waals surface area contributed by atoms with E-state index in [1.807, 2.05) is 0 Å². The third-order valence-electron chi connectivity index (χ3n) is 2.32. The summed E-state index contributed by atoms with van der Waals surface area (Å²) in [6, 6.07) is 4.19. The Kier molecular flexibility index (Phi) is 3.25. The summed E-state index contributed by atoms with van der Waals surface area (Å²) < 4.78 is 10.2. The lowest BCUT2D eigenvalue weighted by Crippen LogP contribution is -2.12. The Morgan fingerprint density at radius 1 is 1.44 bits per heavy atom. The van der Waals surface area contributed by atoms with E-state index in [0.717, 1.165) is 0 Å². The highest BCUT2D eigenvalue weighted by Crippen LogP contribution is 2.29. The molecule has 2 aromatic rings. The van der Waals surface area contributed by atoms with Crippen molar-refractivity contribution in [1.82, 2.24) is 0 Å². The van der Waals surface area contributed by atoms with E-state index in [-0.39, 0.29) is 5.58 Å². The van der Waals surface area contributed by atoms with E-state index in [9.17, 15) is 9.59 Å². The van der Waals surface area contributed by atoms with E-state index in [1.165, 1.54) is 18.2 Å². The number of rotatable bonds is 3. The fourth-order valence-electron chi connectivity index (χ4n) is 1.54. The molecule has 1 aromatic carbocycles. The first-order valence-corrected chi connectivity index (χ1v) is 5.54. The van der Waals surface area contributed by atoms with Gasteiger partial charge >= 0.3 is 11.6 Å². The number of hydrogen-bond donors (Lipinski definition) is 1. The molecule has 1 aromatic heterocycles. The van der Waals surface area contributed by atoms with Crippen LogP contribution in [0.1, 0.15) is 17.3 Å². The molecule has 0 atom stereocenters. The first-order chi connectivity index (χ1) is 8.52. The molecule has 0 amide bonds. The molecule has 94 valence electrons. The molecule has 0 spiro atoms. The number of halogens is 1. The Balaban J connectivity index is 2.70. The van der Waals surface area contributed by atoms with E-state index in [0.29, 0.717) is 22.8 Å². The van der Waals surface area contributed by atoms with E-state index < -0.39 is 17.2 Å². The van der Waals surface area contributed by atoms with Crippen molar-refractivity contribution in [2.45, 2.75) is 6.92 Å². The van der Waals surface area contributed by atoms with E-state index in [4.69, 9.17) is 25.9 Å². The summed E-state index contributed by atoms with van der Waals surface area (Å²) in [4.78, 5) is 22.2. The summed E-state index contributed by atoms with van der Waals surface area (Å²) in [5.41, 5.74) is -1.10. The summed E-state index contributed by atoms with van der Waals surface area (Å²) >= 11 is 5.96. The maximum atomic E-state index is 11.4. The Labute approximate surface area is 107 Å². The third-order valence-corrected chi connectivity index (χ3v) is 2.61. The lowest BCUT2D eigenvalue weighted by molar-refractivity contribution is 0.0692. The van der Waals surface area contributed by atoms with Crippen LogP contribution in [0.2, 0.25) is 5.02 Å². The standard InChI is InChI=1S/C12H9ClO5/c1-2-17-10-5-9-6(4-8(10)13)3-7(11(14)15)12(16)18-9/h3-5H,2H2,1H3,(H,14,15). The topological polar surface area (TPSA) is 76.7 Å². The van der Waals surface area contributed by atoms with Gasteiger partial charge in [0, 0.05) is 11.5 Å². The SMILES string of the molecule is CCOc1cc2oc(=O)c(C(=O)O)cc2cc1Cl. The summed E-state index contributed by atoms with van der Waals surface area (Å²) in [5.74, 6) is -0.950. The van der Waals surface area contributed by atoms with Gasteiger partial charge in [0.15, 0.2) is 0 Å². The van der Waals surface area contributed by atoms with Crippen molar-refractivity contribution in [3.63, 3.8) is 0 Å². The first kappa shape index (κ1) is 12.4. The average molecular weight is 269 g/mol. The maximum Gasteiger partial charge on any atom is 0.351 e. The molecule has 0 unspecified atom stereocenters. The molecule has 0 saturated carbocycles. The van der Waals surface area contributed by atoms with E-state index in [1.54, 1.807) is 6.92 Å². The molecule has 0 aliphatic rings. The van der Waals surface area contributed by atoms with Gasteiger partial charge in [0.2, 0.25) is 0 Å². The van der Waals surface area contributed by atoms with Crippen LogP contribution in [-0.4, -0.2) is 17.7 Å². The monoisotopic (exact) mass is 268 g/mol. The highest BCUT2D eigenvalue weighted by Gasteiger charge is 2.14. The fourth-order valence-corrected chi connectivity index (χ4v) is 1.76. The van der Waals surface area contributed by atoms with Crippen LogP contribution in [0.15, 0.2) is 27.4 Å². The minimum atomic E-state index is -1.34. The fraction of sp³-hybridized carbons (Fsp3) is 0.167. The van der Waals surface area contributed by atoms with Crippen molar-refractivity contribution in [3.8, 4) is 5.75 Å². The molecule has 1 heterocycles. The predicted octanol–water partition coefficient (Wildman–Crippen LogP) is 2.54. The minimum Gasteiger partial charge on any atom is -0.492 e. The molecule has 0 radical (unpaired) electrons. The van der Waals surface area contributed by atoms with Crippen LogP contribution in [0.3, 0.4) is 0 Å². The summed E-state index contributed by atoms with van der Waals surface area (Å²) in [6.07, 6.45) is 0. The lowest BCUT2D eigenvalue weighted by atomic mass is 10.2. The van der Waals surface area contributed by atoms with Gasteiger partial charge in [-0.05, 0) is 19.1 Å². The summed E-state index contributed by atoms with van der Waals surface area (Å²) in [5, 5.41) is 9.57. The van der Waals surface area contributed by atoms with E-state index in [2.05, 4.69) is 0 Å². The normalized spacial score (nSPS) is 10.6. The molecule has 1 N–H and O–H groups in total. The molecular weight excluding hydrogens is 260 g/mol. The van der Waals surface area contributed by atoms with E-state index >= 15 is 0 Å². The number of ether oxygens (including phenoxy) is 1. The van der Waals surface area contributed by atoms with Crippen molar-refractivity contribution in [1.29, 1.82) is 0 Å². The Hall–Kier alpha value is -2.01. The van der Waals surface area contributed by atoms with Crippen LogP contribution in [0.5, 0.6) is 5.75 Å². The molecule has 0 saturated heterocycles. The molecule has 0 fully saturated rings. The second-order valence-electron chi connectivity index (χ2n) is 3.51. The zero-order valence-corrected chi connectivity index (χ0v) is 10.2. The average Bonchev–Trinajstić information content (AvgIpc) is 2.30. The van der Waals surface area contributed by atoms with Crippen LogP contribution >= 0.6 is 11.6 Å². The number of aromatic carboxylic acids is 1. The molecule has 0 aliphatic carbocycles. The summed E-state index contributed by atoms with van der Waals surface area (Å²) in [6.45, 7) is 2.22. The second-order valence-corrected chi connectivity index (χ2v) is 3.91. The molecule has 5 nitrogen and oxygen atoms in total. The lowest BCUT2D eigenvalue weighted by Gasteiger charge is -2.06. The number of carboxylic acids is 1. The smallest absolute Gasteiger partial charge is 0.351 e. The number of carboxylic acid groups (broad SMARTS) is 1. The molecular formula is C12H9ClO5. The van der Waals surface area contributed by atoms with Crippen LogP contribution < -0.4 is 10.4 Å². The van der Waals surface area contributed by atoms with Crippen molar-refractivity contribution >= 4 is 28.5 Å². The molecule has 18 heavy (non-hydrogen) atoms. The minimum absolute atomic E-state index is 0.234. The van der Waals surface area contributed by atoms with Crippen LogP contribution in [0.4, 0.5) is 0 Å². The van der Waals surface area contributed by atoms with Gasteiger partial charge in [-0.1, -0.05) is 11.6 Å². The predicted molar refractivity (Wildman–Crippen MR) is 65.6 cm³/mol. The van der Waals surface area contributed by atoms with Gasteiger partial charge < -0.3 is 14.3 Å². The Morgan fingerprint density at radius 3 is 2.78 bits per heavy atom. The van der Waals surface area contributed by atoms with Crippen molar-refractivity contribution in [2.75, 3.05) is 6.61 Å². The zero-order chi connectivity index (χ0) is 13.3. The van der Waals surface area contributed by atoms with Gasteiger partial charge in [-0.15, -0.1) is 0 Å². The Bertz CT molecular complexity index is 674. The first-order valence-electron chi connectivity index (χ1n) is 5.16. The van der Waals surface area contributed by atoms with Crippen LogP contribution in [0.25, 0.3) is 11.0 Å². The third kappa shape index (κ3) is 2.17. The van der Waals surface area contributed by atoms with Gasteiger partial charge in [-0.3, -0.25) is 0 Å². The highest BCUT2D eigenvalue weighted by molar-refractivity contribution is 6.32. The van der Waals surface area contributed by atoms with Gasteiger partial charge in [0.25, 0.3) is 0 Å². The van der Waals surface area contributed by atoms with Crippen LogP contribution in [-0.2, 0) is 0 Å². The molecule has 6 heteroatoms. The number of fused-ring (bicyclic) bond motifs is 1. The Morgan fingerprint density at radius 2 is 2.17 bits per heavy atom. The number of benzene rings is 1. The quantitative estimate of drug-likeness (QED) is 0.866.